The van der Waals surface area contributed by atoms with Crippen molar-refractivity contribution in [3.63, 3.8) is 0 Å². The van der Waals surface area contributed by atoms with Crippen molar-refractivity contribution >= 4 is 5.97 Å². The maximum absolute atomic E-state index is 10.3. The van der Waals surface area contributed by atoms with Crippen LogP contribution in [0.2, 0.25) is 0 Å². The van der Waals surface area contributed by atoms with E-state index in [0.717, 1.165) is 31.6 Å². The first-order chi connectivity index (χ1) is 6.72. The molecule has 0 radical (unpaired) electrons. The molecular weight excluding hydrogens is 180 g/mol. The second kappa shape index (κ2) is 6.02. The third kappa shape index (κ3) is 4.09. The quantitative estimate of drug-likeness (QED) is 0.741. The minimum absolute atomic E-state index is 0.324. The maximum atomic E-state index is 10.3. The van der Waals surface area contributed by atoms with E-state index < -0.39 is 5.97 Å². The van der Waals surface area contributed by atoms with Crippen molar-refractivity contribution in [3.05, 3.63) is 0 Å². The normalized spacial score (nSPS) is 27.5. The van der Waals surface area contributed by atoms with Gasteiger partial charge >= 0.3 is 5.97 Å². The van der Waals surface area contributed by atoms with Crippen molar-refractivity contribution in [1.82, 2.24) is 0 Å². The van der Waals surface area contributed by atoms with E-state index in [1.54, 1.807) is 7.11 Å². The van der Waals surface area contributed by atoms with Crippen LogP contribution in [0.5, 0.6) is 0 Å². The van der Waals surface area contributed by atoms with Crippen molar-refractivity contribution in [1.29, 1.82) is 0 Å². The average Bonchev–Trinajstić information content (AvgIpc) is 2.18. The van der Waals surface area contributed by atoms with Crippen molar-refractivity contribution in [2.45, 2.75) is 51.0 Å². The highest BCUT2D eigenvalue weighted by molar-refractivity contribution is 5.66. The zero-order valence-corrected chi connectivity index (χ0v) is 8.87. The second-order valence-electron chi connectivity index (χ2n) is 4.16. The minimum Gasteiger partial charge on any atom is -0.481 e. The summed E-state index contributed by atoms with van der Waals surface area (Å²) < 4.78 is 5.29. The fourth-order valence-electron chi connectivity index (χ4n) is 2.20. The van der Waals surface area contributed by atoms with E-state index >= 15 is 0 Å². The first-order valence-corrected chi connectivity index (χ1v) is 5.47. The van der Waals surface area contributed by atoms with E-state index in [9.17, 15) is 4.79 Å². The Morgan fingerprint density at radius 2 is 2.00 bits per heavy atom. The molecule has 0 bridgehead atoms. The van der Waals surface area contributed by atoms with E-state index in [0.29, 0.717) is 12.5 Å². The van der Waals surface area contributed by atoms with Gasteiger partial charge in [-0.2, -0.15) is 0 Å². The SMILES string of the molecule is COC1CCC(CCCC(=O)O)CC1. The van der Waals surface area contributed by atoms with Crippen LogP contribution in [0.4, 0.5) is 0 Å². The highest BCUT2D eigenvalue weighted by Gasteiger charge is 2.20. The van der Waals surface area contributed by atoms with Gasteiger partial charge in [0.1, 0.15) is 0 Å². The largest absolute Gasteiger partial charge is 0.481 e. The molecule has 1 saturated carbocycles. The van der Waals surface area contributed by atoms with Gasteiger partial charge in [0.25, 0.3) is 0 Å². The number of hydrogen-bond acceptors (Lipinski definition) is 2. The Morgan fingerprint density at radius 1 is 1.36 bits per heavy atom. The zero-order chi connectivity index (χ0) is 10.4. The summed E-state index contributed by atoms with van der Waals surface area (Å²) in [7, 11) is 1.77. The number of ether oxygens (including phenoxy) is 1. The van der Waals surface area contributed by atoms with E-state index in [1.165, 1.54) is 12.8 Å². The summed E-state index contributed by atoms with van der Waals surface area (Å²) in [4.78, 5) is 10.3. The third-order valence-electron chi connectivity index (χ3n) is 3.13. The summed E-state index contributed by atoms with van der Waals surface area (Å²) >= 11 is 0. The molecular formula is C11H20O3. The molecule has 1 N–H and O–H groups in total. The Hall–Kier alpha value is -0.570. The summed E-state index contributed by atoms with van der Waals surface area (Å²) in [5.41, 5.74) is 0. The van der Waals surface area contributed by atoms with Gasteiger partial charge in [0, 0.05) is 13.5 Å². The molecule has 0 aliphatic heterocycles. The van der Waals surface area contributed by atoms with Gasteiger partial charge in [0.2, 0.25) is 0 Å². The lowest BCUT2D eigenvalue weighted by Gasteiger charge is -2.27. The first kappa shape index (κ1) is 11.5. The maximum Gasteiger partial charge on any atom is 0.303 e. The molecule has 0 aromatic heterocycles. The molecule has 14 heavy (non-hydrogen) atoms. The van der Waals surface area contributed by atoms with Crippen molar-refractivity contribution in [3.8, 4) is 0 Å². The van der Waals surface area contributed by atoms with Gasteiger partial charge < -0.3 is 9.84 Å². The van der Waals surface area contributed by atoms with Crippen molar-refractivity contribution in [2.75, 3.05) is 7.11 Å². The topological polar surface area (TPSA) is 46.5 Å². The molecule has 0 atom stereocenters. The predicted molar refractivity (Wildman–Crippen MR) is 54.2 cm³/mol. The van der Waals surface area contributed by atoms with Gasteiger partial charge in [0.05, 0.1) is 6.10 Å². The Morgan fingerprint density at radius 3 is 2.50 bits per heavy atom. The Balaban J connectivity index is 2.07. The van der Waals surface area contributed by atoms with Crippen LogP contribution in [0, 0.1) is 5.92 Å². The molecule has 82 valence electrons. The van der Waals surface area contributed by atoms with Gasteiger partial charge in [-0.1, -0.05) is 0 Å². The Bertz CT molecular complexity index is 171. The van der Waals surface area contributed by atoms with Crippen LogP contribution in [0.25, 0.3) is 0 Å². The molecule has 0 saturated heterocycles. The molecule has 0 amide bonds. The molecule has 0 heterocycles. The Labute approximate surface area is 85.5 Å². The summed E-state index contributed by atoms with van der Waals surface area (Å²) in [5.74, 6) is 0.0660. The fourth-order valence-corrected chi connectivity index (χ4v) is 2.20. The standard InChI is InChI=1S/C11H20O3/c1-14-10-7-5-9(6-8-10)3-2-4-11(12)13/h9-10H,2-8H2,1H3,(H,12,13). The lowest BCUT2D eigenvalue weighted by molar-refractivity contribution is -0.137. The van der Waals surface area contributed by atoms with Crippen LogP contribution < -0.4 is 0 Å². The molecule has 0 unspecified atom stereocenters. The number of carboxylic acids is 1. The lowest BCUT2D eigenvalue weighted by Crippen LogP contribution is -2.20. The Kier molecular flexibility index (Phi) is 4.94. The average molecular weight is 200 g/mol. The summed E-state index contributed by atoms with van der Waals surface area (Å²) in [6.07, 6.45) is 7.38. The molecule has 0 spiro atoms. The van der Waals surface area contributed by atoms with Crippen molar-refractivity contribution < 1.29 is 14.6 Å². The van der Waals surface area contributed by atoms with Crippen LogP contribution >= 0.6 is 0 Å². The molecule has 0 aromatic rings. The molecule has 3 nitrogen and oxygen atoms in total. The van der Waals surface area contributed by atoms with E-state index in [1.807, 2.05) is 0 Å². The summed E-state index contributed by atoms with van der Waals surface area (Å²) in [5, 5.41) is 8.50. The van der Waals surface area contributed by atoms with Crippen LogP contribution in [0.1, 0.15) is 44.9 Å². The molecule has 1 aliphatic rings. The van der Waals surface area contributed by atoms with Gasteiger partial charge in [-0.25, -0.2) is 0 Å². The second-order valence-corrected chi connectivity index (χ2v) is 4.16. The van der Waals surface area contributed by atoms with Gasteiger partial charge in [-0.05, 0) is 44.4 Å². The number of hydrogen-bond donors (Lipinski definition) is 1. The van der Waals surface area contributed by atoms with Crippen LogP contribution in [-0.2, 0) is 9.53 Å². The number of methoxy groups -OCH3 is 1. The highest BCUT2D eigenvalue weighted by atomic mass is 16.5. The van der Waals surface area contributed by atoms with Gasteiger partial charge in [-0.3, -0.25) is 4.79 Å². The van der Waals surface area contributed by atoms with Crippen LogP contribution in [-0.4, -0.2) is 24.3 Å². The van der Waals surface area contributed by atoms with E-state index in [-0.39, 0.29) is 0 Å². The third-order valence-corrected chi connectivity index (χ3v) is 3.13. The number of aliphatic carboxylic acids is 1. The lowest BCUT2D eigenvalue weighted by atomic mass is 9.84. The molecule has 1 rings (SSSR count). The predicted octanol–water partition coefficient (Wildman–Crippen LogP) is 2.45. The molecule has 1 fully saturated rings. The summed E-state index contributed by atoms with van der Waals surface area (Å²) in [6.45, 7) is 0. The van der Waals surface area contributed by atoms with Crippen LogP contribution in [0.15, 0.2) is 0 Å². The fraction of sp³-hybridized carbons (Fsp3) is 0.909. The minimum atomic E-state index is -0.671. The molecule has 3 heteroatoms. The monoisotopic (exact) mass is 200 g/mol. The van der Waals surface area contributed by atoms with E-state index in [2.05, 4.69) is 0 Å². The number of carboxylic acid groups (broad SMARTS) is 1. The van der Waals surface area contributed by atoms with Gasteiger partial charge in [0.15, 0.2) is 0 Å². The van der Waals surface area contributed by atoms with Crippen molar-refractivity contribution in [2.24, 2.45) is 5.92 Å². The number of rotatable bonds is 5. The summed E-state index contributed by atoms with van der Waals surface area (Å²) in [6, 6.07) is 0. The number of carbonyl (C=O) groups is 1. The van der Waals surface area contributed by atoms with Gasteiger partial charge in [-0.15, -0.1) is 0 Å². The zero-order valence-electron chi connectivity index (χ0n) is 8.87. The molecule has 1 aliphatic carbocycles. The molecule has 0 aromatic carbocycles. The smallest absolute Gasteiger partial charge is 0.303 e. The first-order valence-electron chi connectivity index (χ1n) is 5.47. The van der Waals surface area contributed by atoms with Crippen LogP contribution in [0.3, 0.4) is 0 Å². The highest BCUT2D eigenvalue weighted by Crippen LogP contribution is 2.29. The van der Waals surface area contributed by atoms with E-state index in [4.69, 9.17) is 9.84 Å².